The summed E-state index contributed by atoms with van der Waals surface area (Å²) < 4.78 is 5.12. The summed E-state index contributed by atoms with van der Waals surface area (Å²) in [5.41, 5.74) is 0.740. The quantitative estimate of drug-likeness (QED) is 0.146. The Morgan fingerprint density at radius 1 is 1.07 bits per heavy atom. The number of para-hydroxylation sites is 1. The van der Waals surface area contributed by atoms with Crippen LogP contribution in [0.3, 0.4) is 0 Å². The third kappa shape index (κ3) is 6.60. The van der Waals surface area contributed by atoms with E-state index in [-0.39, 0.29) is 17.0 Å². The molecule has 0 aliphatic carbocycles. The molecule has 7 heteroatoms. The molecule has 0 aromatic heterocycles. The van der Waals surface area contributed by atoms with Crippen molar-refractivity contribution in [1.82, 2.24) is 5.32 Å². The Morgan fingerprint density at radius 3 is 2.21 bits per heavy atom. The molecule has 0 amide bonds. The number of carbonyl (C=O) groups is 1. The Bertz CT molecular complexity index is 895. The zero-order valence-electron chi connectivity index (χ0n) is 15.9. The number of carbonyl (C=O) groups excluding carboxylic acids is 1. The van der Waals surface area contributed by atoms with Crippen molar-refractivity contribution in [2.45, 2.75) is 26.3 Å². The molecule has 28 heavy (non-hydrogen) atoms. The van der Waals surface area contributed by atoms with Crippen LogP contribution in [0.15, 0.2) is 72.5 Å². The van der Waals surface area contributed by atoms with Gasteiger partial charge in [-0.3, -0.25) is 10.1 Å². The number of nitro benzene ring substituents is 1. The van der Waals surface area contributed by atoms with Crippen LogP contribution in [0.1, 0.15) is 26.3 Å². The van der Waals surface area contributed by atoms with Crippen LogP contribution in [-0.4, -0.2) is 21.5 Å². The zero-order valence-corrected chi connectivity index (χ0v) is 15.9. The first-order chi connectivity index (χ1) is 13.1. The van der Waals surface area contributed by atoms with Crippen molar-refractivity contribution in [3.63, 3.8) is 0 Å². The average Bonchev–Trinajstić information content (AvgIpc) is 2.60. The van der Waals surface area contributed by atoms with Crippen LogP contribution in [-0.2, 0) is 4.79 Å². The summed E-state index contributed by atoms with van der Waals surface area (Å²) in [4.78, 5) is 22.3. The predicted molar refractivity (Wildman–Crippen MR) is 107 cm³/mol. The summed E-state index contributed by atoms with van der Waals surface area (Å²) >= 11 is 0. The number of hydrogen-bond donors (Lipinski definition) is 2. The second-order valence-corrected chi connectivity index (χ2v) is 7.04. The van der Waals surface area contributed by atoms with Crippen LogP contribution in [0.5, 0.6) is 5.75 Å². The Kier molecular flexibility index (Phi) is 6.55. The molecule has 0 fully saturated rings. The van der Waals surface area contributed by atoms with Gasteiger partial charge in [0.15, 0.2) is 0 Å². The number of esters is 1. The van der Waals surface area contributed by atoms with E-state index in [9.17, 15) is 20.0 Å². The van der Waals surface area contributed by atoms with E-state index in [1.807, 2.05) is 20.8 Å². The van der Waals surface area contributed by atoms with Crippen molar-refractivity contribution in [2.24, 2.45) is 0 Å². The molecule has 0 saturated carbocycles. The van der Waals surface area contributed by atoms with Gasteiger partial charge in [0, 0.05) is 29.4 Å². The number of benzene rings is 2. The highest BCUT2D eigenvalue weighted by Gasteiger charge is 2.15. The number of nitrogens with zero attached hydrogens (tertiary/aromatic N) is 1. The molecular weight excluding hydrogens is 360 g/mol. The minimum Gasteiger partial charge on any atom is -0.508 e. The van der Waals surface area contributed by atoms with Gasteiger partial charge in [0.05, 0.1) is 11.0 Å². The van der Waals surface area contributed by atoms with Gasteiger partial charge in [0.25, 0.3) is 5.69 Å². The van der Waals surface area contributed by atoms with Crippen molar-refractivity contribution >= 4 is 17.4 Å². The van der Waals surface area contributed by atoms with Crippen LogP contribution in [0.25, 0.3) is 5.70 Å². The molecule has 0 atom stereocenters. The maximum absolute atomic E-state index is 12.0. The van der Waals surface area contributed by atoms with E-state index in [2.05, 4.69) is 5.32 Å². The predicted octanol–water partition coefficient (Wildman–Crippen LogP) is 4.37. The zero-order chi connectivity index (χ0) is 20.7. The number of non-ortho nitro benzene ring substituents is 1. The van der Waals surface area contributed by atoms with Crippen molar-refractivity contribution in [1.29, 1.82) is 0 Å². The fraction of sp³-hybridized carbons (Fsp3) is 0.190. The Hall–Kier alpha value is -3.61. The number of allylic oxidation sites excluding steroid dienone is 1. The lowest BCUT2D eigenvalue weighted by Crippen LogP contribution is -2.34. The third-order valence-electron chi connectivity index (χ3n) is 3.42. The summed E-state index contributed by atoms with van der Waals surface area (Å²) in [5, 5.41) is 24.3. The number of aliphatic hydroxyl groups is 1. The van der Waals surface area contributed by atoms with Crippen LogP contribution in [0.4, 0.5) is 5.69 Å². The van der Waals surface area contributed by atoms with E-state index < -0.39 is 10.9 Å². The van der Waals surface area contributed by atoms with Crippen molar-refractivity contribution in [2.75, 3.05) is 0 Å². The molecule has 2 N–H and O–H groups in total. The van der Waals surface area contributed by atoms with Gasteiger partial charge in [-0.15, -0.1) is 0 Å². The van der Waals surface area contributed by atoms with Gasteiger partial charge in [-0.05, 0) is 50.6 Å². The van der Waals surface area contributed by atoms with E-state index in [1.54, 1.807) is 42.5 Å². The van der Waals surface area contributed by atoms with E-state index in [4.69, 9.17) is 4.74 Å². The topological polar surface area (TPSA) is 102 Å². The van der Waals surface area contributed by atoms with Crippen molar-refractivity contribution in [3.8, 4) is 5.75 Å². The Labute approximate surface area is 163 Å². The fourth-order valence-electron chi connectivity index (χ4n) is 2.30. The van der Waals surface area contributed by atoms with E-state index >= 15 is 0 Å². The third-order valence-corrected chi connectivity index (χ3v) is 3.42. The second kappa shape index (κ2) is 8.85. The highest BCUT2D eigenvalue weighted by molar-refractivity contribution is 5.85. The van der Waals surface area contributed by atoms with Gasteiger partial charge in [-0.2, -0.15) is 0 Å². The normalized spacial score (nSPS) is 12.4. The number of hydrogen-bond acceptors (Lipinski definition) is 6. The maximum atomic E-state index is 12.0. The molecule has 146 valence electrons. The van der Waals surface area contributed by atoms with E-state index in [0.29, 0.717) is 17.0 Å². The first-order valence-corrected chi connectivity index (χ1v) is 8.56. The van der Waals surface area contributed by atoms with Gasteiger partial charge in [0.2, 0.25) is 0 Å². The molecule has 0 bridgehead atoms. The lowest BCUT2D eigenvalue weighted by Gasteiger charge is -2.24. The lowest BCUT2D eigenvalue weighted by molar-refractivity contribution is -0.384. The Morgan fingerprint density at radius 2 is 1.68 bits per heavy atom. The first-order valence-electron chi connectivity index (χ1n) is 8.56. The molecule has 2 aromatic carbocycles. The highest BCUT2D eigenvalue weighted by atomic mass is 16.6. The molecule has 0 unspecified atom stereocenters. The van der Waals surface area contributed by atoms with Gasteiger partial charge >= 0.3 is 5.97 Å². The maximum Gasteiger partial charge on any atom is 0.339 e. The highest BCUT2D eigenvalue weighted by Crippen LogP contribution is 2.21. The molecule has 0 spiro atoms. The standard InChI is InChI=1S/C21H22N2O5/c1-21(2,3)22-19(15-9-11-16(12-10-15)23(26)27)13-17(24)14-20(25)28-18-7-5-4-6-8-18/h4-14,22,24H,1-3H3/b17-14+,19-13-. The summed E-state index contributed by atoms with van der Waals surface area (Å²) in [6, 6.07) is 14.4. The van der Waals surface area contributed by atoms with E-state index in [0.717, 1.165) is 6.08 Å². The minimum atomic E-state index is -0.723. The average molecular weight is 382 g/mol. The largest absolute Gasteiger partial charge is 0.508 e. The summed E-state index contributed by atoms with van der Waals surface area (Å²) in [5.74, 6) is -0.672. The summed E-state index contributed by atoms with van der Waals surface area (Å²) in [6.45, 7) is 5.78. The molecule has 2 rings (SSSR count). The molecule has 0 aliphatic heterocycles. The van der Waals surface area contributed by atoms with Gasteiger partial charge in [-0.1, -0.05) is 18.2 Å². The number of ether oxygens (including phenoxy) is 1. The first kappa shape index (κ1) is 20.7. The number of nitrogens with one attached hydrogen (secondary N) is 1. The molecule has 0 aliphatic rings. The number of nitro groups is 1. The van der Waals surface area contributed by atoms with Crippen LogP contribution in [0.2, 0.25) is 0 Å². The second-order valence-electron chi connectivity index (χ2n) is 7.04. The number of rotatable bonds is 6. The molecular formula is C21H22N2O5. The summed E-state index contributed by atoms with van der Waals surface area (Å²) in [7, 11) is 0. The van der Waals surface area contributed by atoms with Crippen LogP contribution in [0, 0.1) is 10.1 Å². The monoisotopic (exact) mass is 382 g/mol. The van der Waals surface area contributed by atoms with Gasteiger partial charge < -0.3 is 15.2 Å². The SMILES string of the molecule is CC(C)(C)N/C(=C\C(O)=C/C(=O)Oc1ccccc1)c1ccc([N+](=O)[O-])cc1. The molecule has 2 aromatic rings. The lowest BCUT2D eigenvalue weighted by atomic mass is 10.0. The fourth-order valence-corrected chi connectivity index (χ4v) is 2.30. The van der Waals surface area contributed by atoms with Crippen LogP contribution >= 0.6 is 0 Å². The van der Waals surface area contributed by atoms with E-state index in [1.165, 1.54) is 18.2 Å². The Balaban J connectivity index is 2.27. The van der Waals surface area contributed by atoms with Crippen molar-refractivity contribution in [3.05, 3.63) is 88.2 Å². The molecule has 7 nitrogen and oxygen atoms in total. The van der Waals surface area contributed by atoms with Gasteiger partial charge in [-0.25, -0.2) is 4.79 Å². The molecule has 0 radical (unpaired) electrons. The molecule has 0 saturated heterocycles. The summed E-state index contributed by atoms with van der Waals surface area (Å²) in [6.07, 6.45) is 2.33. The van der Waals surface area contributed by atoms with Crippen molar-refractivity contribution < 1.29 is 19.6 Å². The minimum absolute atomic E-state index is 0.0370. The molecule has 0 heterocycles. The smallest absolute Gasteiger partial charge is 0.339 e. The van der Waals surface area contributed by atoms with Gasteiger partial charge in [0.1, 0.15) is 11.5 Å². The van der Waals surface area contributed by atoms with Crippen LogP contribution < -0.4 is 10.1 Å². The number of aliphatic hydroxyl groups excluding tert-OH is 1.